The number of carbonyl (C=O) groups excluding carboxylic acids is 1. The summed E-state index contributed by atoms with van der Waals surface area (Å²) in [6.45, 7) is 1.62. The first-order valence-electron chi connectivity index (χ1n) is 10.2. The number of aryl methyl sites for hydroxylation is 1. The summed E-state index contributed by atoms with van der Waals surface area (Å²) in [6.07, 6.45) is 1.06. The minimum atomic E-state index is -3.54. The van der Waals surface area contributed by atoms with Crippen molar-refractivity contribution in [3.05, 3.63) is 88.5 Å². The van der Waals surface area contributed by atoms with Crippen LogP contribution in [0.1, 0.15) is 5.56 Å². The molecule has 4 rings (SSSR count). The van der Waals surface area contributed by atoms with Gasteiger partial charge in [0.25, 0.3) is 5.56 Å². The molecule has 0 saturated carbocycles. The lowest BCUT2D eigenvalue weighted by molar-refractivity contribution is -0.113. The average molecular weight is 498 g/mol. The number of carbonyl (C=O) groups is 1. The third kappa shape index (κ3) is 4.87. The van der Waals surface area contributed by atoms with Gasteiger partial charge in [-0.3, -0.25) is 14.2 Å². The molecular formula is C24H20FN3O4S2. The molecule has 7 nitrogen and oxygen atoms in total. The number of hydrogen-bond acceptors (Lipinski definition) is 6. The third-order valence-electron chi connectivity index (χ3n) is 5.05. The molecule has 1 N–H and O–H groups in total. The second kappa shape index (κ2) is 9.40. The molecule has 0 atom stereocenters. The minimum Gasteiger partial charge on any atom is -0.324 e. The van der Waals surface area contributed by atoms with Crippen molar-refractivity contribution in [2.45, 2.75) is 17.0 Å². The summed E-state index contributed by atoms with van der Waals surface area (Å²) < 4.78 is 39.5. The molecule has 0 spiro atoms. The second-order valence-electron chi connectivity index (χ2n) is 7.59. The molecule has 1 amide bonds. The van der Waals surface area contributed by atoms with Gasteiger partial charge in [0.05, 0.1) is 32.9 Å². The number of anilines is 1. The zero-order chi connectivity index (χ0) is 24.5. The Bertz CT molecular complexity index is 1580. The lowest BCUT2D eigenvalue weighted by Gasteiger charge is -2.14. The fraction of sp³-hybridized carbons (Fsp3) is 0.125. The molecule has 10 heteroatoms. The first-order valence-corrected chi connectivity index (χ1v) is 13.0. The molecule has 0 aliphatic heterocycles. The van der Waals surface area contributed by atoms with Crippen LogP contribution < -0.4 is 10.9 Å². The van der Waals surface area contributed by atoms with Crippen LogP contribution in [0.4, 0.5) is 10.1 Å². The molecule has 4 aromatic rings. The predicted molar refractivity (Wildman–Crippen MR) is 131 cm³/mol. The van der Waals surface area contributed by atoms with Gasteiger partial charge < -0.3 is 5.32 Å². The third-order valence-corrected chi connectivity index (χ3v) is 7.15. The van der Waals surface area contributed by atoms with E-state index in [9.17, 15) is 22.4 Å². The van der Waals surface area contributed by atoms with Crippen LogP contribution in [0.25, 0.3) is 16.6 Å². The Morgan fingerprint density at radius 2 is 1.79 bits per heavy atom. The van der Waals surface area contributed by atoms with E-state index in [0.29, 0.717) is 16.5 Å². The molecule has 0 aliphatic rings. The number of halogens is 1. The van der Waals surface area contributed by atoms with Gasteiger partial charge in [0, 0.05) is 6.26 Å². The zero-order valence-corrected chi connectivity index (χ0v) is 19.9. The van der Waals surface area contributed by atoms with E-state index in [2.05, 4.69) is 10.3 Å². The summed E-state index contributed by atoms with van der Waals surface area (Å²) in [4.78, 5) is 30.4. The predicted octanol–water partition coefficient (Wildman–Crippen LogP) is 3.97. The molecule has 0 bridgehead atoms. The van der Waals surface area contributed by atoms with Gasteiger partial charge in [-0.1, -0.05) is 42.1 Å². The summed E-state index contributed by atoms with van der Waals surface area (Å²) in [5, 5.41) is 3.17. The number of nitrogens with zero attached hydrogens (tertiary/aromatic N) is 2. The highest BCUT2D eigenvalue weighted by Crippen LogP contribution is 2.24. The Morgan fingerprint density at radius 3 is 2.53 bits per heavy atom. The summed E-state index contributed by atoms with van der Waals surface area (Å²) in [7, 11) is -3.54. The van der Waals surface area contributed by atoms with Crippen LogP contribution in [-0.2, 0) is 14.6 Å². The summed E-state index contributed by atoms with van der Waals surface area (Å²) in [5.41, 5.74) is 0.946. The van der Waals surface area contributed by atoms with E-state index >= 15 is 0 Å². The van der Waals surface area contributed by atoms with Crippen LogP contribution in [0, 0.1) is 12.7 Å². The van der Waals surface area contributed by atoms with E-state index in [-0.39, 0.29) is 32.7 Å². The average Bonchev–Trinajstić information content (AvgIpc) is 2.79. The SMILES string of the molecule is Cc1ccc(-n2c(SCC(=O)Nc3ccccc3S(C)(=O)=O)nc3ccccc3c2=O)cc1F. The second-order valence-corrected chi connectivity index (χ2v) is 10.5. The number of para-hydroxylation sites is 2. The summed E-state index contributed by atoms with van der Waals surface area (Å²) >= 11 is 0.990. The van der Waals surface area contributed by atoms with E-state index in [1.54, 1.807) is 55.5 Å². The maximum atomic E-state index is 14.3. The van der Waals surface area contributed by atoms with Crippen molar-refractivity contribution in [3.8, 4) is 5.69 Å². The molecule has 174 valence electrons. The molecular weight excluding hydrogens is 477 g/mol. The lowest BCUT2D eigenvalue weighted by atomic mass is 10.2. The number of nitrogens with one attached hydrogen (secondary N) is 1. The summed E-state index contributed by atoms with van der Waals surface area (Å²) in [6, 6.07) is 17.3. The highest BCUT2D eigenvalue weighted by molar-refractivity contribution is 7.99. The number of benzene rings is 3. The zero-order valence-electron chi connectivity index (χ0n) is 18.3. The van der Waals surface area contributed by atoms with Gasteiger partial charge >= 0.3 is 0 Å². The number of rotatable bonds is 6. The standard InChI is InChI=1S/C24H20FN3O4S2/c1-15-11-12-16(13-18(15)25)28-23(30)17-7-3-4-8-19(17)27-24(28)33-14-22(29)26-20-9-5-6-10-21(20)34(2,31)32/h3-13H,14H2,1-2H3,(H,26,29). The monoisotopic (exact) mass is 497 g/mol. The number of fused-ring (bicyclic) bond motifs is 1. The van der Waals surface area contributed by atoms with E-state index < -0.39 is 21.6 Å². The number of amides is 1. The van der Waals surface area contributed by atoms with E-state index in [0.717, 1.165) is 18.0 Å². The van der Waals surface area contributed by atoms with Crippen molar-refractivity contribution in [3.63, 3.8) is 0 Å². The normalized spacial score (nSPS) is 11.5. The van der Waals surface area contributed by atoms with Crippen LogP contribution in [0.3, 0.4) is 0 Å². The molecule has 0 unspecified atom stereocenters. The number of aromatic nitrogens is 2. The van der Waals surface area contributed by atoms with E-state index in [1.807, 2.05) is 0 Å². The van der Waals surface area contributed by atoms with Gasteiger partial charge in [-0.25, -0.2) is 17.8 Å². The van der Waals surface area contributed by atoms with E-state index in [4.69, 9.17) is 0 Å². The largest absolute Gasteiger partial charge is 0.324 e. The van der Waals surface area contributed by atoms with Gasteiger partial charge in [0.2, 0.25) is 5.91 Å². The van der Waals surface area contributed by atoms with Crippen molar-refractivity contribution < 1.29 is 17.6 Å². The van der Waals surface area contributed by atoms with Crippen molar-refractivity contribution in [1.29, 1.82) is 0 Å². The lowest BCUT2D eigenvalue weighted by Crippen LogP contribution is -2.23. The van der Waals surface area contributed by atoms with Gasteiger partial charge in [-0.2, -0.15) is 0 Å². The van der Waals surface area contributed by atoms with Gasteiger partial charge in [0.15, 0.2) is 15.0 Å². The smallest absolute Gasteiger partial charge is 0.266 e. The number of hydrogen-bond donors (Lipinski definition) is 1. The Labute approximate surface area is 199 Å². The Kier molecular flexibility index (Phi) is 6.54. The quantitative estimate of drug-likeness (QED) is 0.320. The van der Waals surface area contributed by atoms with Crippen LogP contribution in [-0.4, -0.2) is 35.9 Å². The number of sulfone groups is 1. The van der Waals surface area contributed by atoms with Crippen molar-refractivity contribution in [2.75, 3.05) is 17.3 Å². The van der Waals surface area contributed by atoms with Crippen molar-refractivity contribution >= 4 is 44.1 Å². The van der Waals surface area contributed by atoms with Crippen LogP contribution >= 0.6 is 11.8 Å². The Hall–Kier alpha value is -3.50. The molecule has 3 aromatic carbocycles. The first kappa shape index (κ1) is 23.7. The molecule has 34 heavy (non-hydrogen) atoms. The minimum absolute atomic E-state index is 0.00391. The van der Waals surface area contributed by atoms with Gasteiger partial charge in [-0.15, -0.1) is 0 Å². The topological polar surface area (TPSA) is 98.1 Å². The van der Waals surface area contributed by atoms with Crippen LogP contribution in [0.5, 0.6) is 0 Å². The van der Waals surface area contributed by atoms with Crippen molar-refractivity contribution in [1.82, 2.24) is 9.55 Å². The molecule has 1 heterocycles. The highest BCUT2D eigenvalue weighted by Gasteiger charge is 2.18. The Balaban J connectivity index is 1.69. The first-order chi connectivity index (χ1) is 16.1. The maximum absolute atomic E-state index is 14.3. The summed E-state index contributed by atoms with van der Waals surface area (Å²) in [5.74, 6) is -1.11. The molecule has 1 aromatic heterocycles. The van der Waals surface area contributed by atoms with Crippen LogP contribution in [0.2, 0.25) is 0 Å². The molecule has 0 aliphatic carbocycles. The van der Waals surface area contributed by atoms with Gasteiger partial charge in [-0.05, 0) is 48.9 Å². The van der Waals surface area contributed by atoms with Gasteiger partial charge in [0.1, 0.15) is 5.82 Å². The van der Waals surface area contributed by atoms with Crippen molar-refractivity contribution in [2.24, 2.45) is 0 Å². The maximum Gasteiger partial charge on any atom is 0.266 e. The molecule has 0 saturated heterocycles. The Morgan fingerprint density at radius 1 is 1.09 bits per heavy atom. The fourth-order valence-corrected chi connectivity index (χ4v) is 5.02. The highest BCUT2D eigenvalue weighted by atomic mass is 32.2. The molecule has 0 radical (unpaired) electrons. The fourth-order valence-electron chi connectivity index (χ4n) is 3.37. The molecule has 0 fully saturated rings. The van der Waals surface area contributed by atoms with E-state index in [1.165, 1.54) is 22.8 Å². The number of thioether (sulfide) groups is 1. The van der Waals surface area contributed by atoms with Crippen LogP contribution in [0.15, 0.2) is 81.6 Å².